The van der Waals surface area contributed by atoms with Crippen molar-refractivity contribution in [3.63, 3.8) is 0 Å². The average molecular weight is 240 g/mol. The molecular weight excluding hydrogens is 208 g/mol. The largest absolute Gasteiger partial charge is 0.327 e. The third kappa shape index (κ3) is 4.26. The van der Waals surface area contributed by atoms with Gasteiger partial charge in [-0.15, -0.1) is 0 Å². The standard InChI is InChI=1S/C15H32N2/c1-6-12(3)17(7-2)11-13-10-15(4,5)9-8-14(13)16/h12-14H,6-11,16H2,1-5H3. The van der Waals surface area contributed by atoms with Crippen molar-refractivity contribution in [2.75, 3.05) is 13.1 Å². The molecule has 17 heavy (non-hydrogen) atoms. The van der Waals surface area contributed by atoms with E-state index in [0.717, 1.165) is 6.54 Å². The third-order valence-electron chi connectivity index (χ3n) is 4.66. The summed E-state index contributed by atoms with van der Waals surface area (Å²) < 4.78 is 0. The minimum atomic E-state index is 0.418. The van der Waals surface area contributed by atoms with E-state index in [2.05, 4.69) is 39.5 Å². The Labute approximate surface area is 108 Å². The van der Waals surface area contributed by atoms with Gasteiger partial charge in [0.1, 0.15) is 0 Å². The lowest BCUT2D eigenvalue weighted by molar-refractivity contribution is 0.0986. The van der Waals surface area contributed by atoms with Crippen LogP contribution in [0, 0.1) is 11.3 Å². The van der Waals surface area contributed by atoms with Gasteiger partial charge in [0, 0.05) is 18.6 Å². The van der Waals surface area contributed by atoms with Crippen LogP contribution in [-0.2, 0) is 0 Å². The van der Waals surface area contributed by atoms with Crippen LogP contribution < -0.4 is 5.73 Å². The molecule has 0 amide bonds. The lowest BCUT2D eigenvalue weighted by Gasteiger charge is -2.42. The molecule has 1 rings (SSSR count). The number of hydrogen-bond acceptors (Lipinski definition) is 2. The van der Waals surface area contributed by atoms with Crippen molar-refractivity contribution in [1.29, 1.82) is 0 Å². The normalized spacial score (nSPS) is 30.5. The molecule has 3 unspecified atom stereocenters. The quantitative estimate of drug-likeness (QED) is 0.799. The maximum atomic E-state index is 6.32. The second-order valence-corrected chi connectivity index (χ2v) is 6.68. The first-order valence-corrected chi connectivity index (χ1v) is 7.39. The Hall–Kier alpha value is -0.0800. The van der Waals surface area contributed by atoms with Crippen molar-refractivity contribution in [2.24, 2.45) is 17.1 Å². The van der Waals surface area contributed by atoms with Crippen LogP contribution in [0.15, 0.2) is 0 Å². The monoisotopic (exact) mass is 240 g/mol. The van der Waals surface area contributed by atoms with Gasteiger partial charge in [0.25, 0.3) is 0 Å². The minimum Gasteiger partial charge on any atom is -0.327 e. The molecule has 1 aliphatic carbocycles. The predicted molar refractivity (Wildman–Crippen MR) is 76.1 cm³/mol. The van der Waals surface area contributed by atoms with Gasteiger partial charge in [-0.05, 0) is 50.5 Å². The van der Waals surface area contributed by atoms with E-state index in [-0.39, 0.29) is 0 Å². The summed E-state index contributed by atoms with van der Waals surface area (Å²) in [6.07, 6.45) is 5.02. The van der Waals surface area contributed by atoms with Gasteiger partial charge in [-0.3, -0.25) is 0 Å². The highest BCUT2D eigenvalue weighted by Gasteiger charge is 2.34. The lowest BCUT2D eigenvalue weighted by Crippen LogP contribution is -2.47. The van der Waals surface area contributed by atoms with Crippen molar-refractivity contribution in [3.05, 3.63) is 0 Å². The van der Waals surface area contributed by atoms with Crippen LogP contribution in [0.4, 0.5) is 0 Å². The summed E-state index contributed by atoms with van der Waals surface area (Å²) in [5, 5.41) is 0. The van der Waals surface area contributed by atoms with Crippen LogP contribution in [0.2, 0.25) is 0 Å². The summed E-state index contributed by atoms with van der Waals surface area (Å²) in [4.78, 5) is 2.60. The van der Waals surface area contributed by atoms with E-state index in [1.807, 2.05) is 0 Å². The van der Waals surface area contributed by atoms with Crippen LogP contribution in [0.1, 0.15) is 60.3 Å². The first-order chi connectivity index (χ1) is 7.89. The highest BCUT2D eigenvalue weighted by Crippen LogP contribution is 2.38. The molecule has 0 aromatic heterocycles. The van der Waals surface area contributed by atoms with Crippen molar-refractivity contribution in [2.45, 2.75) is 72.4 Å². The fourth-order valence-corrected chi connectivity index (χ4v) is 3.14. The molecule has 2 heteroatoms. The van der Waals surface area contributed by atoms with Gasteiger partial charge < -0.3 is 10.6 Å². The number of rotatable bonds is 5. The molecule has 0 aliphatic heterocycles. The van der Waals surface area contributed by atoms with Gasteiger partial charge in [0.05, 0.1) is 0 Å². The fourth-order valence-electron chi connectivity index (χ4n) is 3.14. The average Bonchev–Trinajstić information content (AvgIpc) is 2.29. The molecule has 0 bridgehead atoms. The van der Waals surface area contributed by atoms with Gasteiger partial charge in [0.15, 0.2) is 0 Å². The molecule has 0 saturated heterocycles. The molecule has 2 N–H and O–H groups in total. The Morgan fingerprint density at radius 2 is 2.00 bits per heavy atom. The van der Waals surface area contributed by atoms with Crippen LogP contribution in [0.5, 0.6) is 0 Å². The molecule has 0 radical (unpaired) electrons. The maximum absolute atomic E-state index is 6.32. The Morgan fingerprint density at radius 1 is 1.35 bits per heavy atom. The second-order valence-electron chi connectivity index (χ2n) is 6.68. The van der Waals surface area contributed by atoms with Gasteiger partial charge >= 0.3 is 0 Å². The summed E-state index contributed by atoms with van der Waals surface area (Å²) in [7, 11) is 0. The SMILES string of the molecule is CCC(C)N(CC)CC1CC(C)(C)CCC1N. The summed E-state index contributed by atoms with van der Waals surface area (Å²) >= 11 is 0. The predicted octanol–water partition coefficient (Wildman–Crippen LogP) is 3.26. The third-order valence-corrected chi connectivity index (χ3v) is 4.66. The summed E-state index contributed by atoms with van der Waals surface area (Å²) in [6.45, 7) is 14.0. The summed E-state index contributed by atoms with van der Waals surface area (Å²) in [6, 6.07) is 1.11. The summed E-state index contributed by atoms with van der Waals surface area (Å²) in [5.74, 6) is 0.688. The van der Waals surface area contributed by atoms with Crippen molar-refractivity contribution < 1.29 is 0 Å². The van der Waals surface area contributed by atoms with Crippen molar-refractivity contribution >= 4 is 0 Å². The molecular formula is C15H32N2. The van der Waals surface area contributed by atoms with E-state index in [0.29, 0.717) is 23.4 Å². The topological polar surface area (TPSA) is 29.3 Å². The highest BCUT2D eigenvalue weighted by atomic mass is 15.1. The van der Waals surface area contributed by atoms with E-state index in [4.69, 9.17) is 5.73 Å². The second kappa shape index (κ2) is 6.19. The molecule has 0 aromatic rings. The Kier molecular flexibility index (Phi) is 5.46. The molecule has 3 atom stereocenters. The van der Waals surface area contributed by atoms with E-state index in [9.17, 15) is 0 Å². The van der Waals surface area contributed by atoms with E-state index < -0.39 is 0 Å². The van der Waals surface area contributed by atoms with Gasteiger partial charge in [-0.1, -0.05) is 27.7 Å². The molecule has 0 heterocycles. The highest BCUT2D eigenvalue weighted by molar-refractivity contribution is 4.89. The number of hydrogen-bond donors (Lipinski definition) is 1. The minimum absolute atomic E-state index is 0.418. The van der Waals surface area contributed by atoms with Crippen LogP contribution in [-0.4, -0.2) is 30.1 Å². The fraction of sp³-hybridized carbons (Fsp3) is 1.00. The first kappa shape index (κ1) is 15.0. The number of nitrogens with two attached hydrogens (primary N) is 1. The molecule has 1 fully saturated rings. The zero-order valence-electron chi connectivity index (χ0n) is 12.5. The van der Waals surface area contributed by atoms with Crippen molar-refractivity contribution in [1.82, 2.24) is 4.90 Å². The Morgan fingerprint density at radius 3 is 2.53 bits per heavy atom. The van der Waals surface area contributed by atoms with Crippen molar-refractivity contribution in [3.8, 4) is 0 Å². The van der Waals surface area contributed by atoms with Crippen LogP contribution in [0.25, 0.3) is 0 Å². The maximum Gasteiger partial charge on any atom is 0.00797 e. The van der Waals surface area contributed by atoms with Crippen LogP contribution >= 0.6 is 0 Å². The van der Waals surface area contributed by atoms with Gasteiger partial charge in [0.2, 0.25) is 0 Å². The van der Waals surface area contributed by atoms with E-state index >= 15 is 0 Å². The van der Waals surface area contributed by atoms with Gasteiger partial charge in [-0.25, -0.2) is 0 Å². The molecule has 102 valence electrons. The van der Waals surface area contributed by atoms with Crippen LogP contribution in [0.3, 0.4) is 0 Å². The van der Waals surface area contributed by atoms with Gasteiger partial charge in [-0.2, -0.15) is 0 Å². The zero-order chi connectivity index (χ0) is 13.1. The molecule has 0 aromatic carbocycles. The lowest BCUT2D eigenvalue weighted by atomic mass is 9.70. The Bertz CT molecular complexity index is 225. The zero-order valence-corrected chi connectivity index (χ0v) is 12.5. The molecule has 1 saturated carbocycles. The smallest absolute Gasteiger partial charge is 0.00797 e. The van der Waals surface area contributed by atoms with E-state index in [1.54, 1.807) is 0 Å². The molecule has 0 spiro atoms. The molecule has 1 aliphatic rings. The first-order valence-electron chi connectivity index (χ1n) is 7.39. The Balaban J connectivity index is 2.58. The molecule has 2 nitrogen and oxygen atoms in total. The summed E-state index contributed by atoms with van der Waals surface area (Å²) in [5.41, 5.74) is 6.81. The van der Waals surface area contributed by atoms with E-state index in [1.165, 1.54) is 32.2 Å². The number of nitrogens with zero attached hydrogens (tertiary/aromatic N) is 1.